The number of furan rings is 1. The minimum Gasteiger partial charge on any atom is -0.478 e. The first-order valence-corrected chi connectivity index (χ1v) is 8.44. The Hall–Kier alpha value is -2.77. The van der Waals surface area contributed by atoms with Crippen molar-refractivity contribution in [1.82, 2.24) is 4.90 Å². The summed E-state index contributed by atoms with van der Waals surface area (Å²) in [6, 6.07) is 5.27. The van der Waals surface area contributed by atoms with Crippen LogP contribution in [0, 0.1) is 0 Å². The quantitative estimate of drug-likeness (QED) is 0.779. The van der Waals surface area contributed by atoms with Gasteiger partial charge in [-0.3, -0.25) is 4.79 Å². The third kappa shape index (κ3) is 4.32. The molecular weight excluding hydrogens is 363 g/mol. The van der Waals surface area contributed by atoms with Crippen molar-refractivity contribution in [3.8, 4) is 0 Å². The van der Waals surface area contributed by atoms with E-state index in [1.54, 1.807) is 20.8 Å². The fourth-order valence-corrected chi connectivity index (χ4v) is 2.87. The van der Waals surface area contributed by atoms with Crippen molar-refractivity contribution in [1.29, 1.82) is 0 Å². The average molecular weight is 383 g/mol. The van der Waals surface area contributed by atoms with Crippen molar-refractivity contribution < 1.29 is 32.3 Å². The maximum absolute atomic E-state index is 12.9. The first-order valence-electron chi connectivity index (χ1n) is 8.44. The SMILES string of the molecule is CCc1oc(C(=O)N(CC)C(C)c2cccc(C(F)(F)F)c2)cc1C(=O)O. The summed E-state index contributed by atoms with van der Waals surface area (Å²) in [6.07, 6.45) is -4.19. The second-order valence-electron chi connectivity index (χ2n) is 6.00. The Morgan fingerprint density at radius 3 is 2.37 bits per heavy atom. The summed E-state index contributed by atoms with van der Waals surface area (Å²) < 4.78 is 44.2. The Bertz CT molecular complexity index is 842. The van der Waals surface area contributed by atoms with E-state index >= 15 is 0 Å². The fourth-order valence-electron chi connectivity index (χ4n) is 2.87. The molecule has 1 aromatic heterocycles. The maximum atomic E-state index is 12.9. The van der Waals surface area contributed by atoms with Crippen LogP contribution in [0.15, 0.2) is 34.7 Å². The van der Waals surface area contributed by atoms with Crippen molar-refractivity contribution in [2.75, 3.05) is 6.54 Å². The molecule has 27 heavy (non-hydrogen) atoms. The second kappa shape index (κ2) is 7.85. The van der Waals surface area contributed by atoms with Crippen LogP contribution in [0.25, 0.3) is 0 Å². The molecule has 1 atom stereocenters. The van der Waals surface area contributed by atoms with Gasteiger partial charge in [0.1, 0.15) is 11.3 Å². The third-order valence-electron chi connectivity index (χ3n) is 4.34. The van der Waals surface area contributed by atoms with E-state index in [4.69, 9.17) is 4.42 Å². The average Bonchev–Trinajstić information content (AvgIpc) is 3.06. The first kappa shape index (κ1) is 20.5. The van der Waals surface area contributed by atoms with Crippen molar-refractivity contribution in [2.45, 2.75) is 39.4 Å². The van der Waals surface area contributed by atoms with E-state index in [1.165, 1.54) is 17.0 Å². The Kier molecular flexibility index (Phi) is 5.98. The normalized spacial score (nSPS) is 12.7. The number of aromatic carboxylic acids is 1. The third-order valence-corrected chi connectivity index (χ3v) is 4.34. The van der Waals surface area contributed by atoms with Crippen LogP contribution in [0.1, 0.15) is 64.6 Å². The Morgan fingerprint density at radius 1 is 1.22 bits per heavy atom. The lowest BCUT2D eigenvalue weighted by Crippen LogP contribution is -2.33. The number of alkyl halides is 3. The van der Waals surface area contributed by atoms with E-state index in [0.717, 1.165) is 18.2 Å². The van der Waals surface area contributed by atoms with Gasteiger partial charge in [-0.25, -0.2) is 4.79 Å². The van der Waals surface area contributed by atoms with Gasteiger partial charge in [0.05, 0.1) is 11.6 Å². The number of amides is 1. The number of halogens is 3. The summed E-state index contributed by atoms with van der Waals surface area (Å²) in [5.74, 6) is -1.76. The summed E-state index contributed by atoms with van der Waals surface area (Å²) in [7, 11) is 0. The highest BCUT2D eigenvalue weighted by atomic mass is 19.4. The minimum atomic E-state index is -4.48. The highest BCUT2D eigenvalue weighted by molar-refractivity contribution is 5.96. The Morgan fingerprint density at radius 2 is 1.89 bits per heavy atom. The van der Waals surface area contributed by atoms with Gasteiger partial charge in [0.15, 0.2) is 5.76 Å². The Labute approximate surface area is 154 Å². The number of carboxylic acid groups (broad SMARTS) is 1. The van der Waals surface area contributed by atoms with E-state index in [2.05, 4.69) is 0 Å². The summed E-state index contributed by atoms with van der Waals surface area (Å²) in [4.78, 5) is 25.4. The van der Waals surface area contributed by atoms with Crippen molar-refractivity contribution in [3.05, 3.63) is 58.5 Å². The fraction of sp³-hybridized carbons (Fsp3) is 0.368. The van der Waals surface area contributed by atoms with Crippen LogP contribution >= 0.6 is 0 Å². The van der Waals surface area contributed by atoms with E-state index in [0.29, 0.717) is 12.0 Å². The van der Waals surface area contributed by atoms with Gasteiger partial charge < -0.3 is 14.4 Å². The molecule has 0 aliphatic heterocycles. The van der Waals surface area contributed by atoms with E-state index in [1.807, 2.05) is 0 Å². The molecule has 0 radical (unpaired) electrons. The van der Waals surface area contributed by atoms with Crippen LogP contribution < -0.4 is 0 Å². The zero-order valence-electron chi connectivity index (χ0n) is 15.1. The van der Waals surface area contributed by atoms with Gasteiger partial charge in [-0.15, -0.1) is 0 Å². The summed E-state index contributed by atoms with van der Waals surface area (Å²) in [5.41, 5.74) is -0.570. The molecule has 0 saturated carbocycles. The zero-order chi connectivity index (χ0) is 20.4. The lowest BCUT2D eigenvalue weighted by molar-refractivity contribution is -0.137. The number of hydrogen-bond donors (Lipinski definition) is 1. The molecule has 0 spiro atoms. The molecule has 2 rings (SSSR count). The van der Waals surface area contributed by atoms with Gasteiger partial charge in [0, 0.05) is 19.0 Å². The first-order chi connectivity index (χ1) is 12.6. The zero-order valence-corrected chi connectivity index (χ0v) is 15.1. The lowest BCUT2D eigenvalue weighted by atomic mass is 10.0. The van der Waals surface area contributed by atoms with Gasteiger partial charge in [-0.05, 0) is 31.5 Å². The van der Waals surface area contributed by atoms with Gasteiger partial charge in [-0.1, -0.05) is 19.1 Å². The molecule has 0 fully saturated rings. The van der Waals surface area contributed by atoms with Crippen LogP contribution in [0.5, 0.6) is 0 Å². The van der Waals surface area contributed by atoms with Gasteiger partial charge in [0.25, 0.3) is 5.91 Å². The van der Waals surface area contributed by atoms with Crippen LogP contribution in [0.3, 0.4) is 0 Å². The summed E-state index contributed by atoms with van der Waals surface area (Å²) >= 11 is 0. The number of carbonyl (C=O) groups is 2. The summed E-state index contributed by atoms with van der Waals surface area (Å²) in [5, 5.41) is 9.19. The van der Waals surface area contributed by atoms with Crippen molar-refractivity contribution >= 4 is 11.9 Å². The second-order valence-corrected chi connectivity index (χ2v) is 6.00. The maximum Gasteiger partial charge on any atom is 0.416 e. The number of nitrogens with zero attached hydrogens (tertiary/aromatic N) is 1. The van der Waals surface area contributed by atoms with Crippen LogP contribution in [-0.4, -0.2) is 28.4 Å². The van der Waals surface area contributed by atoms with Crippen LogP contribution in [0.4, 0.5) is 13.2 Å². The van der Waals surface area contributed by atoms with E-state index < -0.39 is 29.7 Å². The van der Waals surface area contributed by atoms with Crippen molar-refractivity contribution in [3.63, 3.8) is 0 Å². The summed E-state index contributed by atoms with van der Waals surface area (Å²) in [6.45, 7) is 5.20. The monoisotopic (exact) mass is 383 g/mol. The molecule has 0 aliphatic rings. The highest BCUT2D eigenvalue weighted by Crippen LogP contribution is 2.32. The molecule has 0 saturated heterocycles. The molecule has 2 aromatic rings. The number of carboxylic acids is 1. The number of benzene rings is 1. The smallest absolute Gasteiger partial charge is 0.416 e. The lowest BCUT2D eigenvalue weighted by Gasteiger charge is -2.28. The van der Waals surface area contributed by atoms with Gasteiger partial charge in [0.2, 0.25) is 0 Å². The highest BCUT2D eigenvalue weighted by Gasteiger charge is 2.32. The number of carbonyl (C=O) groups excluding carboxylic acids is 1. The molecule has 1 unspecified atom stereocenters. The molecule has 0 bridgehead atoms. The number of aryl methyl sites for hydroxylation is 1. The largest absolute Gasteiger partial charge is 0.478 e. The predicted molar refractivity (Wildman–Crippen MR) is 91.6 cm³/mol. The molecule has 1 N–H and O–H groups in total. The van der Waals surface area contributed by atoms with E-state index in [-0.39, 0.29) is 23.6 Å². The minimum absolute atomic E-state index is 0.0939. The predicted octanol–water partition coefficient (Wildman–Crippen LogP) is 4.78. The van der Waals surface area contributed by atoms with Crippen molar-refractivity contribution in [2.24, 2.45) is 0 Å². The topological polar surface area (TPSA) is 70.8 Å². The Balaban J connectivity index is 2.36. The van der Waals surface area contributed by atoms with Gasteiger partial charge in [-0.2, -0.15) is 13.2 Å². The molecular formula is C19H20F3NO4. The molecule has 0 aliphatic carbocycles. The molecule has 5 nitrogen and oxygen atoms in total. The number of rotatable bonds is 6. The molecule has 1 heterocycles. The molecule has 1 aromatic carbocycles. The standard InChI is InChI=1S/C19H20F3NO4/c1-4-15-14(18(25)26)10-16(27-15)17(24)23(5-2)11(3)12-7-6-8-13(9-12)19(20,21)22/h6-11H,4-5H2,1-3H3,(H,25,26). The molecule has 146 valence electrons. The van der Waals surface area contributed by atoms with E-state index in [9.17, 15) is 27.9 Å². The molecule has 8 heteroatoms. The molecule has 1 amide bonds. The van der Waals surface area contributed by atoms with Gasteiger partial charge >= 0.3 is 12.1 Å². The van der Waals surface area contributed by atoms with Crippen LogP contribution in [-0.2, 0) is 12.6 Å². The van der Waals surface area contributed by atoms with Crippen LogP contribution in [0.2, 0.25) is 0 Å². The number of hydrogen-bond acceptors (Lipinski definition) is 3.